The van der Waals surface area contributed by atoms with Gasteiger partial charge in [-0.05, 0) is 36.6 Å². The summed E-state index contributed by atoms with van der Waals surface area (Å²) in [5.74, 6) is 1.23. The fraction of sp³-hybridized carbons (Fsp3) is 0.381. The number of carbonyl (C=O) groups excluding carboxylic acids is 1. The Labute approximate surface area is 165 Å². The number of hydrogen-bond acceptors (Lipinski definition) is 7. The van der Waals surface area contributed by atoms with Crippen LogP contribution in [0.25, 0.3) is 6.08 Å². The number of nitrogens with one attached hydrogen (secondary N) is 1. The molecule has 1 N–H and O–H groups in total. The lowest BCUT2D eigenvalue weighted by Crippen LogP contribution is -2.28. The first-order chi connectivity index (χ1) is 13.7. The summed E-state index contributed by atoms with van der Waals surface area (Å²) in [6.07, 6.45) is 8.34. The van der Waals surface area contributed by atoms with E-state index in [0.29, 0.717) is 11.7 Å². The topological polar surface area (TPSA) is 76.6 Å². The van der Waals surface area contributed by atoms with E-state index in [1.54, 1.807) is 25.6 Å². The normalized spacial score (nSPS) is 17.0. The molecule has 0 spiro atoms. The van der Waals surface area contributed by atoms with Crippen molar-refractivity contribution in [1.82, 2.24) is 14.9 Å². The zero-order valence-electron chi connectivity index (χ0n) is 16.3. The molecule has 1 aromatic heterocycles. The molecule has 0 aliphatic carbocycles. The number of anilines is 1. The van der Waals surface area contributed by atoms with Gasteiger partial charge in [0.15, 0.2) is 0 Å². The highest BCUT2D eigenvalue weighted by atomic mass is 16.5. The summed E-state index contributed by atoms with van der Waals surface area (Å²) in [7, 11) is 3.02. The Hall–Kier alpha value is -2.93. The van der Waals surface area contributed by atoms with Crippen LogP contribution in [-0.2, 0) is 16.0 Å². The highest BCUT2D eigenvalue weighted by molar-refractivity contribution is 5.86. The largest absolute Gasteiger partial charge is 0.497 e. The van der Waals surface area contributed by atoms with E-state index in [4.69, 9.17) is 4.74 Å². The minimum atomic E-state index is -0.412. The molecular formula is C21H26N4O3. The minimum absolute atomic E-state index is 0.363. The first-order valence-electron chi connectivity index (χ1n) is 9.36. The molecule has 1 atom stereocenters. The Morgan fingerprint density at radius 1 is 1.25 bits per heavy atom. The molecule has 1 aliphatic heterocycles. The van der Waals surface area contributed by atoms with Crippen molar-refractivity contribution in [2.45, 2.75) is 18.9 Å². The Bertz CT molecular complexity index is 790. The van der Waals surface area contributed by atoms with Crippen molar-refractivity contribution >= 4 is 17.9 Å². The average Bonchev–Trinajstić information content (AvgIpc) is 3.19. The second-order valence-corrected chi connectivity index (χ2v) is 6.71. The number of carbonyl (C=O) groups is 1. The highest BCUT2D eigenvalue weighted by Crippen LogP contribution is 2.16. The van der Waals surface area contributed by atoms with Crippen molar-refractivity contribution in [2.75, 3.05) is 39.2 Å². The molecule has 2 aromatic rings. The smallest absolute Gasteiger partial charge is 0.330 e. The number of rotatable bonds is 8. The van der Waals surface area contributed by atoms with E-state index < -0.39 is 5.97 Å². The summed E-state index contributed by atoms with van der Waals surface area (Å²) in [5, 5.41) is 3.44. The zero-order valence-corrected chi connectivity index (χ0v) is 16.3. The number of benzene rings is 1. The van der Waals surface area contributed by atoms with E-state index in [1.807, 2.05) is 12.1 Å². The van der Waals surface area contributed by atoms with Crippen LogP contribution < -0.4 is 10.1 Å². The lowest BCUT2D eigenvalue weighted by molar-refractivity contribution is -0.134. The van der Waals surface area contributed by atoms with Gasteiger partial charge in [0, 0.05) is 31.8 Å². The van der Waals surface area contributed by atoms with Crippen molar-refractivity contribution < 1.29 is 14.3 Å². The molecule has 0 unspecified atom stereocenters. The van der Waals surface area contributed by atoms with Crippen LogP contribution in [0, 0.1) is 0 Å². The van der Waals surface area contributed by atoms with Crippen LogP contribution >= 0.6 is 0 Å². The third kappa shape index (κ3) is 5.79. The molecule has 148 valence electrons. The van der Waals surface area contributed by atoms with Gasteiger partial charge in [-0.3, -0.25) is 4.98 Å². The second-order valence-electron chi connectivity index (χ2n) is 6.71. The summed E-state index contributed by atoms with van der Waals surface area (Å²) >= 11 is 0. The van der Waals surface area contributed by atoms with Crippen LogP contribution in [0.5, 0.6) is 5.75 Å². The van der Waals surface area contributed by atoms with E-state index in [9.17, 15) is 4.79 Å². The predicted octanol–water partition coefficient (Wildman–Crippen LogP) is 2.40. The van der Waals surface area contributed by atoms with Gasteiger partial charge in [-0.25, -0.2) is 9.78 Å². The minimum Gasteiger partial charge on any atom is -0.497 e. The van der Waals surface area contributed by atoms with Gasteiger partial charge >= 0.3 is 5.97 Å². The summed E-state index contributed by atoms with van der Waals surface area (Å²) in [5.41, 5.74) is 1.93. The molecule has 1 aliphatic rings. The van der Waals surface area contributed by atoms with E-state index in [0.717, 1.165) is 44.0 Å². The Balaban J connectivity index is 1.43. The molecule has 0 saturated carbocycles. The molecule has 0 radical (unpaired) electrons. The van der Waals surface area contributed by atoms with Crippen molar-refractivity contribution in [3.8, 4) is 5.75 Å². The maximum absolute atomic E-state index is 11.1. The molecule has 7 heteroatoms. The van der Waals surface area contributed by atoms with Crippen LogP contribution in [0.15, 0.2) is 42.7 Å². The monoisotopic (exact) mass is 382 g/mol. The Morgan fingerprint density at radius 3 is 2.75 bits per heavy atom. The van der Waals surface area contributed by atoms with Crippen LogP contribution in [0.2, 0.25) is 0 Å². The molecule has 1 saturated heterocycles. The fourth-order valence-corrected chi connectivity index (χ4v) is 3.16. The maximum atomic E-state index is 11.1. The highest BCUT2D eigenvalue weighted by Gasteiger charge is 2.22. The molecule has 28 heavy (non-hydrogen) atoms. The lowest BCUT2D eigenvalue weighted by atomic mass is 10.1. The molecule has 0 amide bonds. The van der Waals surface area contributed by atoms with Gasteiger partial charge in [0.05, 0.1) is 32.3 Å². The van der Waals surface area contributed by atoms with Gasteiger partial charge < -0.3 is 19.7 Å². The molecule has 1 aromatic carbocycles. The third-order valence-corrected chi connectivity index (χ3v) is 4.76. The zero-order chi connectivity index (χ0) is 19.8. The first-order valence-corrected chi connectivity index (χ1v) is 9.36. The van der Waals surface area contributed by atoms with Gasteiger partial charge in [0.2, 0.25) is 0 Å². The van der Waals surface area contributed by atoms with Crippen LogP contribution in [0.3, 0.4) is 0 Å². The van der Waals surface area contributed by atoms with Gasteiger partial charge in [-0.1, -0.05) is 12.1 Å². The summed E-state index contributed by atoms with van der Waals surface area (Å²) in [4.78, 5) is 22.2. The van der Waals surface area contributed by atoms with Crippen molar-refractivity contribution in [1.29, 1.82) is 0 Å². The van der Waals surface area contributed by atoms with Crippen LogP contribution in [0.4, 0.5) is 5.82 Å². The Kier molecular flexibility index (Phi) is 6.97. The van der Waals surface area contributed by atoms with Gasteiger partial charge in [0.1, 0.15) is 11.6 Å². The summed E-state index contributed by atoms with van der Waals surface area (Å²) < 4.78 is 9.76. The standard InChI is InChI=1S/C21H26N4O3/c1-27-19-6-3-16(4-7-19)9-11-25-12-10-18(15-25)24-20-14-22-17(13-23-20)5-8-21(26)28-2/h3-8,13-14,18H,9-12,15H2,1-2H3,(H,23,24)/t18-/m1/s1. The van der Waals surface area contributed by atoms with Gasteiger partial charge in [0.25, 0.3) is 0 Å². The second kappa shape index (κ2) is 9.85. The lowest BCUT2D eigenvalue weighted by Gasteiger charge is -2.17. The molecule has 2 heterocycles. The number of aromatic nitrogens is 2. The van der Waals surface area contributed by atoms with E-state index >= 15 is 0 Å². The fourth-order valence-electron chi connectivity index (χ4n) is 3.16. The van der Waals surface area contributed by atoms with Gasteiger partial charge in [-0.2, -0.15) is 0 Å². The number of ether oxygens (including phenoxy) is 2. The van der Waals surface area contributed by atoms with E-state index in [-0.39, 0.29) is 0 Å². The van der Waals surface area contributed by atoms with Crippen molar-refractivity contribution in [2.24, 2.45) is 0 Å². The molecular weight excluding hydrogens is 356 g/mol. The Morgan fingerprint density at radius 2 is 2.07 bits per heavy atom. The van der Waals surface area contributed by atoms with Crippen molar-refractivity contribution in [3.63, 3.8) is 0 Å². The number of esters is 1. The quantitative estimate of drug-likeness (QED) is 0.555. The number of likely N-dealkylation sites (tertiary alicyclic amines) is 1. The van der Waals surface area contributed by atoms with Crippen LogP contribution in [-0.4, -0.2) is 60.7 Å². The number of hydrogen-bond donors (Lipinski definition) is 1. The summed E-state index contributed by atoms with van der Waals surface area (Å²) in [6.45, 7) is 3.09. The maximum Gasteiger partial charge on any atom is 0.330 e. The molecule has 0 bridgehead atoms. The van der Waals surface area contributed by atoms with Crippen LogP contribution in [0.1, 0.15) is 17.7 Å². The summed E-state index contributed by atoms with van der Waals surface area (Å²) in [6, 6.07) is 8.62. The van der Waals surface area contributed by atoms with E-state index in [1.165, 1.54) is 18.7 Å². The van der Waals surface area contributed by atoms with E-state index in [2.05, 4.69) is 37.1 Å². The molecule has 7 nitrogen and oxygen atoms in total. The molecule has 3 rings (SSSR count). The third-order valence-electron chi connectivity index (χ3n) is 4.76. The predicted molar refractivity (Wildman–Crippen MR) is 108 cm³/mol. The average molecular weight is 382 g/mol. The number of nitrogens with zero attached hydrogens (tertiary/aromatic N) is 3. The van der Waals surface area contributed by atoms with Crippen molar-refractivity contribution in [3.05, 3.63) is 54.0 Å². The molecule has 1 fully saturated rings. The van der Waals surface area contributed by atoms with Gasteiger partial charge in [-0.15, -0.1) is 0 Å². The number of methoxy groups -OCH3 is 2. The SMILES string of the molecule is COC(=O)C=Cc1cnc(N[C@@H]2CCN(CCc3ccc(OC)cc3)C2)cn1. The first kappa shape index (κ1) is 19.8.